The van der Waals surface area contributed by atoms with Gasteiger partial charge in [0, 0.05) is 5.56 Å². The molecule has 0 radical (unpaired) electrons. The van der Waals surface area contributed by atoms with Gasteiger partial charge in [0.05, 0.1) is 17.0 Å². The molecule has 3 nitrogen and oxygen atoms in total. The molecular formula is C16H21BrO3. The molecule has 1 aromatic carbocycles. The number of aryl methyl sites for hydroxylation is 1. The Morgan fingerprint density at radius 3 is 2.50 bits per heavy atom. The molecular weight excluding hydrogens is 320 g/mol. The van der Waals surface area contributed by atoms with Crippen molar-refractivity contribution < 1.29 is 14.6 Å². The van der Waals surface area contributed by atoms with Gasteiger partial charge >= 0.3 is 5.97 Å². The molecule has 0 bridgehead atoms. The summed E-state index contributed by atoms with van der Waals surface area (Å²) in [5, 5.41) is 9.85. The smallest absolute Gasteiger partial charge is 0.314 e. The Labute approximate surface area is 128 Å². The molecule has 4 heteroatoms. The van der Waals surface area contributed by atoms with Crippen LogP contribution in [0.25, 0.3) is 0 Å². The molecule has 0 aromatic heterocycles. The van der Waals surface area contributed by atoms with E-state index in [0.717, 1.165) is 41.3 Å². The van der Waals surface area contributed by atoms with Gasteiger partial charge in [-0.1, -0.05) is 32.3 Å². The Morgan fingerprint density at radius 2 is 2.00 bits per heavy atom. The van der Waals surface area contributed by atoms with Crippen LogP contribution in [0.3, 0.4) is 0 Å². The van der Waals surface area contributed by atoms with Crippen LogP contribution in [0.2, 0.25) is 0 Å². The molecule has 0 saturated heterocycles. The van der Waals surface area contributed by atoms with Crippen molar-refractivity contribution in [1.29, 1.82) is 0 Å². The van der Waals surface area contributed by atoms with Gasteiger partial charge in [0.25, 0.3) is 0 Å². The number of carboxylic acid groups (broad SMARTS) is 1. The van der Waals surface area contributed by atoms with Gasteiger partial charge in [0.15, 0.2) is 0 Å². The summed E-state index contributed by atoms with van der Waals surface area (Å²) in [5.74, 6) is -0.0536. The van der Waals surface area contributed by atoms with Gasteiger partial charge in [-0.2, -0.15) is 0 Å². The summed E-state index contributed by atoms with van der Waals surface area (Å²) in [5.41, 5.74) is 1.18. The number of aliphatic carboxylic acids is 1. The molecule has 1 saturated carbocycles. The Balaban J connectivity index is 2.63. The number of rotatable bonds is 4. The molecule has 2 rings (SSSR count). The highest BCUT2D eigenvalue weighted by atomic mass is 79.9. The SMILES string of the molecule is CCc1cc(Br)c(OC)c(C2(C(=O)O)CCCCC2)c1. The molecule has 110 valence electrons. The molecule has 1 N–H and O–H groups in total. The first kappa shape index (κ1) is 15.4. The van der Waals surface area contributed by atoms with E-state index in [1.54, 1.807) is 7.11 Å². The van der Waals surface area contributed by atoms with E-state index in [9.17, 15) is 9.90 Å². The minimum atomic E-state index is -0.794. The zero-order valence-electron chi connectivity index (χ0n) is 12.0. The molecule has 1 aromatic rings. The van der Waals surface area contributed by atoms with Crippen LogP contribution in [-0.2, 0) is 16.6 Å². The summed E-state index contributed by atoms with van der Waals surface area (Å²) in [6, 6.07) is 4.03. The standard InChI is InChI=1S/C16H21BrO3/c1-3-11-9-12(14(20-2)13(17)10-11)16(15(18)19)7-5-4-6-8-16/h9-10H,3-8H2,1-2H3,(H,18,19). The molecule has 1 aliphatic rings. The summed E-state index contributed by atoms with van der Waals surface area (Å²) >= 11 is 3.52. The number of carboxylic acids is 1. The number of hydrogen-bond donors (Lipinski definition) is 1. The minimum absolute atomic E-state index is 0.673. The van der Waals surface area contributed by atoms with E-state index in [-0.39, 0.29) is 0 Å². The fraction of sp³-hybridized carbons (Fsp3) is 0.562. The predicted octanol–water partition coefficient (Wildman–Crippen LogP) is 4.31. The highest BCUT2D eigenvalue weighted by molar-refractivity contribution is 9.10. The third-order valence-corrected chi connectivity index (χ3v) is 4.94. The zero-order valence-corrected chi connectivity index (χ0v) is 13.6. The van der Waals surface area contributed by atoms with Crippen LogP contribution in [0.1, 0.15) is 50.2 Å². The summed E-state index contributed by atoms with van der Waals surface area (Å²) in [6.45, 7) is 2.08. The van der Waals surface area contributed by atoms with Gasteiger partial charge in [0.1, 0.15) is 5.75 Å². The number of carbonyl (C=O) groups is 1. The van der Waals surface area contributed by atoms with Gasteiger partial charge in [-0.05, 0) is 46.8 Å². The van der Waals surface area contributed by atoms with Gasteiger partial charge in [-0.3, -0.25) is 4.79 Å². The fourth-order valence-corrected chi connectivity index (χ4v) is 3.84. The maximum absolute atomic E-state index is 12.0. The van der Waals surface area contributed by atoms with Gasteiger partial charge < -0.3 is 9.84 Å². The lowest BCUT2D eigenvalue weighted by Gasteiger charge is -2.35. The van der Waals surface area contributed by atoms with Gasteiger partial charge in [-0.25, -0.2) is 0 Å². The van der Waals surface area contributed by atoms with Crippen molar-refractivity contribution in [2.24, 2.45) is 0 Å². The van der Waals surface area contributed by atoms with E-state index >= 15 is 0 Å². The van der Waals surface area contributed by atoms with Crippen molar-refractivity contribution >= 4 is 21.9 Å². The van der Waals surface area contributed by atoms with Crippen LogP contribution in [0.5, 0.6) is 5.75 Å². The molecule has 0 heterocycles. The lowest BCUT2D eigenvalue weighted by Crippen LogP contribution is -2.38. The minimum Gasteiger partial charge on any atom is -0.495 e. The van der Waals surface area contributed by atoms with Crippen LogP contribution in [0.4, 0.5) is 0 Å². The Hall–Kier alpha value is -1.03. The van der Waals surface area contributed by atoms with Gasteiger partial charge in [-0.15, -0.1) is 0 Å². The zero-order chi connectivity index (χ0) is 14.8. The first-order chi connectivity index (χ1) is 9.55. The van der Waals surface area contributed by atoms with E-state index in [1.165, 1.54) is 0 Å². The second kappa shape index (κ2) is 6.17. The molecule has 0 amide bonds. The third-order valence-electron chi connectivity index (χ3n) is 4.35. The maximum Gasteiger partial charge on any atom is 0.314 e. The molecule has 20 heavy (non-hydrogen) atoms. The molecule has 0 atom stereocenters. The van der Waals surface area contributed by atoms with Crippen molar-refractivity contribution in [1.82, 2.24) is 0 Å². The normalized spacial score (nSPS) is 17.8. The molecule has 1 fully saturated rings. The van der Waals surface area contributed by atoms with Crippen molar-refractivity contribution in [3.63, 3.8) is 0 Å². The molecule has 0 spiro atoms. The Bertz CT molecular complexity index is 505. The van der Waals surface area contributed by atoms with Crippen LogP contribution >= 0.6 is 15.9 Å². The third kappa shape index (κ3) is 2.58. The number of methoxy groups -OCH3 is 1. The second-order valence-corrected chi connectivity index (χ2v) is 6.31. The van der Waals surface area contributed by atoms with Crippen molar-refractivity contribution in [3.05, 3.63) is 27.7 Å². The van der Waals surface area contributed by atoms with E-state index < -0.39 is 11.4 Å². The highest BCUT2D eigenvalue weighted by Crippen LogP contribution is 2.46. The molecule has 1 aliphatic carbocycles. The van der Waals surface area contributed by atoms with Crippen molar-refractivity contribution in [3.8, 4) is 5.75 Å². The van der Waals surface area contributed by atoms with E-state index in [0.29, 0.717) is 18.6 Å². The number of ether oxygens (including phenoxy) is 1. The quantitative estimate of drug-likeness (QED) is 0.888. The maximum atomic E-state index is 12.0. The van der Waals surface area contributed by atoms with Crippen molar-refractivity contribution in [2.75, 3.05) is 7.11 Å². The highest BCUT2D eigenvalue weighted by Gasteiger charge is 2.43. The number of hydrogen-bond acceptors (Lipinski definition) is 2. The van der Waals surface area contributed by atoms with Crippen LogP contribution in [-0.4, -0.2) is 18.2 Å². The predicted molar refractivity (Wildman–Crippen MR) is 82.5 cm³/mol. The topological polar surface area (TPSA) is 46.5 Å². The van der Waals surface area contributed by atoms with Crippen LogP contribution < -0.4 is 4.74 Å². The number of benzene rings is 1. The summed E-state index contributed by atoms with van der Waals surface area (Å²) in [7, 11) is 1.60. The summed E-state index contributed by atoms with van der Waals surface area (Å²) in [4.78, 5) is 12.0. The average Bonchev–Trinajstić information content (AvgIpc) is 2.46. The second-order valence-electron chi connectivity index (χ2n) is 5.46. The monoisotopic (exact) mass is 340 g/mol. The first-order valence-corrected chi connectivity index (χ1v) is 7.94. The van der Waals surface area contributed by atoms with Crippen molar-refractivity contribution in [2.45, 2.75) is 50.9 Å². The summed E-state index contributed by atoms with van der Waals surface area (Å²) in [6.07, 6.45) is 5.31. The molecule has 0 unspecified atom stereocenters. The van der Waals surface area contributed by atoms with Crippen LogP contribution in [0.15, 0.2) is 16.6 Å². The molecule has 0 aliphatic heterocycles. The van der Waals surface area contributed by atoms with Gasteiger partial charge in [0.2, 0.25) is 0 Å². The average molecular weight is 341 g/mol. The lowest BCUT2D eigenvalue weighted by atomic mass is 9.69. The Morgan fingerprint density at radius 1 is 1.35 bits per heavy atom. The lowest BCUT2D eigenvalue weighted by molar-refractivity contribution is -0.145. The largest absolute Gasteiger partial charge is 0.495 e. The van der Waals surface area contributed by atoms with E-state index in [4.69, 9.17) is 4.74 Å². The van der Waals surface area contributed by atoms with E-state index in [2.05, 4.69) is 22.9 Å². The number of halogens is 1. The Kier molecular flexibility index (Phi) is 4.74. The first-order valence-electron chi connectivity index (χ1n) is 7.15. The van der Waals surface area contributed by atoms with E-state index in [1.807, 2.05) is 12.1 Å². The van der Waals surface area contributed by atoms with Crippen LogP contribution in [0, 0.1) is 0 Å². The fourth-order valence-electron chi connectivity index (χ4n) is 3.17. The summed E-state index contributed by atoms with van der Waals surface area (Å²) < 4.78 is 6.34.